The van der Waals surface area contributed by atoms with Gasteiger partial charge in [-0.3, -0.25) is 9.59 Å². The third kappa shape index (κ3) is 13.1. The second-order valence-electron chi connectivity index (χ2n) is 21.2. The monoisotopic (exact) mass is 1040 g/mol. The highest BCUT2D eigenvalue weighted by atomic mass is 16.7. The van der Waals surface area contributed by atoms with Crippen molar-refractivity contribution in [2.45, 2.75) is 133 Å². The van der Waals surface area contributed by atoms with Gasteiger partial charge >= 0.3 is 41.8 Å². The molecule has 10 fully saturated rings. The average Bonchev–Trinajstić information content (AvgIpc) is 4.18. The maximum atomic E-state index is 11.7. The van der Waals surface area contributed by atoms with Crippen LogP contribution in [-0.4, -0.2) is 112 Å². The molecule has 402 valence electrons. The number of carbonyl (C=O) groups excluding carboxylic acids is 7. The molecule has 0 radical (unpaired) electrons. The lowest BCUT2D eigenvalue weighted by Crippen LogP contribution is -2.60. The van der Waals surface area contributed by atoms with Crippen LogP contribution in [0.5, 0.6) is 17.2 Å². The molecule has 8 bridgehead atoms. The minimum absolute atomic E-state index is 0.0128. The van der Waals surface area contributed by atoms with Crippen molar-refractivity contribution in [2.75, 3.05) is 6.61 Å². The molecule has 0 amide bonds. The van der Waals surface area contributed by atoms with Crippen LogP contribution in [0, 0.1) is 35.5 Å². The van der Waals surface area contributed by atoms with Crippen LogP contribution >= 0.6 is 0 Å². The summed E-state index contributed by atoms with van der Waals surface area (Å²) in [6.07, 6.45) is 7.42. The predicted octanol–water partition coefficient (Wildman–Crippen LogP) is 6.88. The summed E-state index contributed by atoms with van der Waals surface area (Å²) in [7, 11) is 0. The molecule has 12 atom stereocenters. The Hall–Kier alpha value is -7.05. The van der Waals surface area contributed by atoms with E-state index >= 15 is 0 Å². The fourth-order valence-corrected chi connectivity index (χ4v) is 12.0. The van der Waals surface area contributed by atoms with Crippen molar-refractivity contribution < 1.29 is 86.8 Å². The lowest BCUT2D eigenvalue weighted by Gasteiger charge is -2.59. The summed E-state index contributed by atoms with van der Waals surface area (Å²) in [6.45, 7) is 23.5. The zero-order valence-corrected chi connectivity index (χ0v) is 42.7. The molecule has 10 aliphatic rings. The third-order valence-electron chi connectivity index (χ3n) is 14.9. The topological polar surface area (TPSA) is 254 Å². The van der Waals surface area contributed by atoms with Crippen LogP contribution in [0.2, 0.25) is 0 Å². The molecule has 75 heavy (non-hydrogen) atoms. The molecule has 12 rings (SSSR count). The maximum absolute atomic E-state index is 11.7. The molecule has 18 nitrogen and oxygen atoms in total. The maximum Gasteiger partial charge on any atom is 0.344 e. The number of phenols is 2. The van der Waals surface area contributed by atoms with Gasteiger partial charge in [-0.1, -0.05) is 51.1 Å². The van der Waals surface area contributed by atoms with E-state index in [1.807, 2.05) is 12.1 Å². The van der Waals surface area contributed by atoms with Crippen molar-refractivity contribution in [3.05, 3.63) is 109 Å². The van der Waals surface area contributed by atoms with Gasteiger partial charge in [0.05, 0.1) is 23.5 Å². The summed E-state index contributed by atoms with van der Waals surface area (Å²) >= 11 is 0. The van der Waals surface area contributed by atoms with Gasteiger partial charge in [0.25, 0.3) is 0 Å². The number of aromatic hydroxyl groups is 2. The van der Waals surface area contributed by atoms with Gasteiger partial charge in [0, 0.05) is 40.5 Å². The Morgan fingerprint density at radius 3 is 1.77 bits per heavy atom. The Morgan fingerprint density at radius 2 is 1.21 bits per heavy atom. The Kier molecular flexibility index (Phi) is 16.9. The first-order valence-corrected chi connectivity index (χ1v) is 25.0. The van der Waals surface area contributed by atoms with E-state index in [1.165, 1.54) is 37.6 Å². The fourth-order valence-electron chi connectivity index (χ4n) is 12.0. The van der Waals surface area contributed by atoms with E-state index in [0.29, 0.717) is 52.9 Å². The first-order chi connectivity index (χ1) is 35.4. The molecular weight excluding hydrogens is 973 g/mol. The van der Waals surface area contributed by atoms with Crippen molar-refractivity contribution in [2.24, 2.45) is 35.5 Å². The molecular formula is C57H66O18. The summed E-state index contributed by atoms with van der Waals surface area (Å²) in [5.41, 5.74) is 1.41. The highest BCUT2D eigenvalue weighted by molar-refractivity contribution is 5.90. The van der Waals surface area contributed by atoms with Gasteiger partial charge in [0.1, 0.15) is 41.2 Å². The van der Waals surface area contributed by atoms with Crippen LogP contribution in [0.3, 0.4) is 0 Å². The summed E-state index contributed by atoms with van der Waals surface area (Å²) in [6, 6.07) is 12.8. The van der Waals surface area contributed by atoms with Gasteiger partial charge in [0.15, 0.2) is 18.8 Å². The standard InChI is InChI=1S/C14H16O6.C14H20O3.C11H12O5.C10H10O3.C8H8O/c1-6(2)13(16)18-5-10(15)19-11-7-3-8-9(4-7)14(17)20-12(8)11;1-9(2)12(15)17-14-6-10-3-11(7-14)5-13(16,4-10)8-14;1-4(2)10(12)15-8-6-3-5-7(14-6)9(8)16-11(5)13;1-7(2)10(12)13-9-5-3-8(11)4-6-9;1-2-7-3-5-8(9)6-4-7/h7-9,11-12H,1,3-5H2,2H3;10-11,16H,1,3-8H2,2H3;5-9H,1,3H2,2H3;3-6,11H,1H2,2H3;2-6,9H,1H2. The highest BCUT2D eigenvalue weighted by Crippen LogP contribution is 2.59. The first-order valence-electron chi connectivity index (χ1n) is 25.0. The van der Waals surface area contributed by atoms with Crippen molar-refractivity contribution in [3.63, 3.8) is 0 Å². The van der Waals surface area contributed by atoms with Gasteiger partial charge in [-0.25, -0.2) is 24.0 Å². The number of hydrogen-bond donors (Lipinski definition) is 3. The highest BCUT2D eigenvalue weighted by Gasteiger charge is 2.66. The van der Waals surface area contributed by atoms with E-state index in [-0.39, 0.29) is 71.2 Å². The van der Waals surface area contributed by atoms with Crippen LogP contribution < -0.4 is 4.74 Å². The lowest BCUT2D eigenvalue weighted by molar-refractivity contribution is -0.217. The smallest absolute Gasteiger partial charge is 0.344 e. The normalized spacial score (nSPS) is 32.3. The van der Waals surface area contributed by atoms with Crippen LogP contribution in [-0.2, 0) is 66.7 Å². The lowest BCUT2D eigenvalue weighted by atomic mass is 9.52. The van der Waals surface area contributed by atoms with E-state index in [9.17, 15) is 38.7 Å². The molecule has 3 N–H and O–H groups in total. The molecule has 4 aliphatic heterocycles. The number of rotatable bonds is 11. The number of ether oxygens (including phenoxy) is 8. The van der Waals surface area contributed by atoms with E-state index in [2.05, 4.69) is 32.9 Å². The van der Waals surface area contributed by atoms with Crippen LogP contribution in [0.15, 0.2) is 104 Å². The Balaban J connectivity index is 0.000000140. The summed E-state index contributed by atoms with van der Waals surface area (Å²) in [5.74, 6) is -0.761. The molecule has 0 aromatic heterocycles. The van der Waals surface area contributed by atoms with Crippen molar-refractivity contribution in [3.8, 4) is 17.2 Å². The number of fused-ring (bicyclic) bond motifs is 2. The van der Waals surface area contributed by atoms with Crippen LogP contribution in [0.25, 0.3) is 6.08 Å². The summed E-state index contributed by atoms with van der Waals surface area (Å²) in [4.78, 5) is 80.0. The van der Waals surface area contributed by atoms with Crippen molar-refractivity contribution >= 4 is 47.9 Å². The zero-order chi connectivity index (χ0) is 54.7. The van der Waals surface area contributed by atoms with E-state index in [4.69, 9.17) is 48.1 Å². The Morgan fingerprint density at radius 1 is 0.653 bits per heavy atom. The Bertz CT molecular complexity index is 2600. The van der Waals surface area contributed by atoms with Gasteiger partial charge < -0.3 is 53.2 Å². The van der Waals surface area contributed by atoms with Gasteiger partial charge in [-0.2, -0.15) is 0 Å². The minimum atomic E-state index is -0.623. The van der Waals surface area contributed by atoms with Gasteiger partial charge in [0.2, 0.25) is 0 Å². The van der Waals surface area contributed by atoms with Gasteiger partial charge in [-0.05, 0) is 133 Å². The largest absolute Gasteiger partial charge is 0.508 e. The SMILES string of the molecule is C=C(C)C(=O)OC12CC3CC(CC(O)(C3)C1)C2.C=C(C)C(=O)OC1C2CC3C(=O)OC1C3O2.C=C(C)C(=O)OCC(=O)OC1C2CC3C(=O)OC1C3C2.C=C(C)C(=O)Oc1ccc(O)cc1.C=Cc1ccc(O)cc1. The van der Waals surface area contributed by atoms with Crippen LogP contribution in [0.1, 0.15) is 91.0 Å². The number of esters is 7. The van der Waals surface area contributed by atoms with E-state index in [0.717, 1.165) is 44.1 Å². The molecule has 12 unspecified atom stereocenters. The van der Waals surface area contributed by atoms with Crippen molar-refractivity contribution in [1.82, 2.24) is 0 Å². The molecule has 4 saturated heterocycles. The minimum Gasteiger partial charge on any atom is -0.508 e. The summed E-state index contributed by atoms with van der Waals surface area (Å²) < 4.78 is 41.9. The molecule has 0 spiro atoms. The fraction of sp³-hybridized carbons (Fsp3) is 0.491. The van der Waals surface area contributed by atoms with E-state index in [1.54, 1.807) is 39.0 Å². The number of hydrogen-bond acceptors (Lipinski definition) is 18. The first kappa shape index (κ1) is 55.7. The number of aliphatic hydroxyl groups is 1. The van der Waals surface area contributed by atoms with Gasteiger partial charge in [-0.15, -0.1) is 0 Å². The molecule has 2 aromatic rings. The third-order valence-corrected chi connectivity index (χ3v) is 14.9. The van der Waals surface area contributed by atoms with Crippen molar-refractivity contribution in [1.29, 1.82) is 0 Å². The number of benzene rings is 2. The van der Waals surface area contributed by atoms with E-state index < -0.39 is 60.0 Å². The second-order valence-corrected chi connectivity index (χ2v) is 21.2. The number of carbonyl (C=O) groups is 7. The second kappa shape index (κ2) is 22.8. The quantitative estimate of drug-likeness (QED) is 0.0897. The molecule has 6 saturated carbocycles. The zero-order valence-electron chi connectivity index (χ0n) is 42.7. The Labute approximate surface area is 435 Å². The van der Waals surface area contributed by atoms with Crippen LogP contribution in [0.4, 0.5) is 0 Å². The molecule has 2 aromatic carbocycles. The predicted molar refractivity (Wildman–Crippen MR) is 267 cm³/mol. The number of phenolic OH excluding ortho intramolecular Hbond substituents is 2. The average molecular weight is 1040 g/mol. The molecule has 6 aliphatic carbocycles. The molecule has 4 heterocycles. The summed E-state index contributed by atoms with van der Waals surface area (Å²) in [5, 5.41) is 28.3. The molecule has 18 heteroatoms.